The fraction of sp³-hybridized carbons (Fsp3) is 0.300. The van der Waals surface area contributed by atoms with Crippen molar-refractivity contribution in [3.8, 4) is 0 Å². The van der Waals surface area contributed by atoms with Gasteiger partial charge in [-0.25, -0.2) is 23.1 Å². The molecule has 1 heterocycles. The Labute approximate surface area is 303 Å². The Morgan fingerprint density at radius 1 is 0.961 bits per heavy atom. The molecule has 0 bridgehead atoms. The number of nitrogens with zero attached hydrogens (tertiary/aromatic N) is 3. The quantitative estimate of drug-likeness (QED) is 0.128. The number of halogens is 3. The predicted octanol–water partition coefficient (Wildman–Crippen LogP) is 12.3. The van der Waals surface area contributed by atoms with Crippen LogP contribution < -0.4 is 5.32 Å². The molecule has 0 radical (unpaired) electrons. The van der Waals surface area contributed by atoms with Crippen LogP contribution >= 0.6 is 11.8 Å². The number of anilines is 2. The second kappa shape index (κ2) is 21.3. The van der Waals surface area contributed by atoms with E-state index in [1.54, 1.807) is 48.7 Å². The first kappa shape index (κ1) is 44.1. The second-order valence-corrected chi connectivity index (χ2v) is 13.0. The molecule has 4 rings (SSSR count). The maximum Gasteiger partial charge on any atom is 0.227 e. The number of hydrogen-bond acceptors (Lipinski definition) is 8. The van der Waals surface area contributed by atoms with Crippen LogP contribution in [0.15, 0.2) is 89.6 Å². The number of carbonyl (C=O) groups excluding carboxylic acids is 2. The number of benzene rings is 3. The third kappa shape index (κ3) is 12.7. The standard InChI is InChI=1S/C30H33FN4O2S.C7H6F2.C2H6.CH2O/c1-8-18(2)26(23-10-9-11-24(35-37)27(23)31)28(38-20(4)30(5,6)7)25-16-17-32-29(34-25)33-22-14-12-21(13-15-22)19(3)36;1-5-6(8)3-2-4-7(5)9;2*1-2/h9-18H,4,8H2,1-3,5-7H3,(H,32,33,34);2-4H,1H3;1-2H3;1H2/b28-26+;;;. The molecule has 0 saturated heterocycles. The molecule has 51 heavy (non-hydrogen) atoms. The third-order valence-electron chi connectivity index (χ3n) is 7.42. The van der Waals surface area contributed by atoms with E-state index in [1.807, 2.05) is 34.5 Å². The van der Waals surface area contributed by atoms with E-state index in [9.17, 15) is 18.5 Å². The summed E-state index contributed by atoms with van der Waals surface area (Å²) in [6, 6.07) is 17.3. The molecule has 272 valence electrons. The van der Waals surface area contributed by atoms with Gasteiger partial charge in [-0.2, -0.15) is 0 Å². The van der Waals surface area contributed by atoms with Crippen molar-refractivity contribution in [2.24, 2.45) is 16.5 Å². The number of ketones is 1. The average molecular weight is 721 g/mol. The van der Waals surface area contributed by atoms with Crippen molar-refractivity contribution in [3.05, 3.63) is 129 Å². The molecule has 1 N–H and O–H groups in total. The minimum Gasteiger partial charge on any atom is -0.324 e. The van der Waals surface area contributed by atoms with Crippen LogP contribution in [0.2, 0.25) is 0 Å². The lowest BCUT2D eigenvalue weighted by molar-refractivity contribution is -0.0980. The first-order valence-electron chi connectivity index (χ1n) is 16.3. The summed E-state index contributed by atoms with van der Waals surface area (Å²) in [5, 5.41) is 6.06. The molecule has 0 spiro atoms. The van der Waals surface area contributed by atoms with Crippen molar-refractivity contribution in [2.45, 2.75) is 68.7 Å². The van der Waals surface area contributed by atoms with Gasteiger partial charge in [0.2, 0.25) is 5.95 Å². The molecule has 0 aliphatic carbocycles. The molecule has 0 saturated carbocycles. The van der Waals surface area contributed by atoms with E-state index >= 15 is 4.39 Å². The highest BCUT2D eigenvalue weighted by molar-refractivity contribution is 8.12. The topological polar surface area (TPSA) is 101 Å². The van der Waals surface area contributed by atoms with Crippen molar-refractivity contribution in [3.63, 3.8) is 0 Å². The number of aromatic nitrogens is 2. The highest BCUT2D eigenvalue weighted by Gasteiger charge is 2.26. The molecule has 11 heteroatoms. The number of nitrogens with one attached hydrogen (secondary N) is 1. The minimum absolute atomic E-state index is 0.0145. The van der Waals surface area contributed by atoms with Gasteiger partial charge in [-0.05, 0) is 95.8 Å². The van der Waals surface area contributed by atoms with Gasteiger partial charge in [0, 0.05) is 33.5 Å². The van der Waals surface area contributed by atoms with E-state index < -0.39 is 17.5 Å². The van der Waals surface area contributed by atoms with Gasteiger partial charge in [0.1, 0.15) is 24.1 Å². The SMILES string of the molecule is C=C(S/C(=C(/c1cccc(N=O)c1F)C(C)CC)c1ccnc(Nc2ccc(C(C)=O)cc2)n1)C(C)(C)C.C=O.CC.Cc1c(F)cccc1F. The second-order valence-electron chi connectivity index (χ2n) is 11.9. The Bertz CT molecular complexity index is 1790. The smallest absolute Gasteiger partial charge is 0.227 e. The maximum atomic E-state index is 15.5. The van der Waals surface area contributed by atoms with E-state index in [-0.39, 0.29) is 28.4 Å². The van der Waals surface area contributed by atoms with E-state index in [4.69, 9.17) is 9.78 Å². The minimum atomic E-state index is -0.657. The van der Waals surface area contributed by atoms with Crippen LogP contribution in [0.4, 0.5) is 30.5 Å². The zero-order valence-electron chi connectivity index (χ0n) is 30.7. The Balaban J connectivity index is 0.000000850. The van der Waals surface area contributed by atoms with E-state index in [1.165, 1.54) is 49.9 Å². The fourth-order valence-corrected chi connectivity index (χ4v) is 5.37. The summed E-state index contributed by atoms with van der Waals surface area (Å²) in [5.74, 6) is -1.36. The van der Waals surface area contributed by atoms with Crippen LogP contribution in [0.3, 0.4) is 0 Å². The van der Waals surface area contributed by atoms with Gasteiger partial charge in [0.25, 0.3) is 0 Å². The summed E-state index contributed by atoms with van der Waals surface area (Å²) in [5.41, 5.74) is 2.58. The van der Waals surface area contributed by atoms with Crippen LogP contribution in [0.25, 0.3) is 10.5 Å². The van der Waals surface area contributed by atoms with E-state index in [2.05, 4.69) is 42.8 Å². The van der Waals surface area contributed by atoms with Crippen molar-refractivity contribution in [2.75, 3.05) is 5.32 Å². The zero-order chi connectivity index (χ0) is 38.9. The first-order chi connectivity index (χ1) is 24.2. The monoisotopic (exact) mass is 720 g/mol. The highest BCUT2D eigenvalue weighted by Crippen LogP contribution is 2.48. The number of carbonyl (C=O) groups is 2. The van der Waals surface area contributed by atoms with Crippen LogP contribution in [0.1, 0.15) is 89.0 Å². The number of thioether (sulfide) groups is 1. The molecule has 0 aliphatic heterocycles. The summed E-state index contributed by atoms with van der Waals surface area (Å²) in [6.07, 6.45) is 2.38. The van der Waals surface area contributed by atoms with Gasteiger partial charge in [0.15, 0.2) is 11.6 Å². The van der Waals surface area contributed by atoms with E-state index in [0.717, 1.165) is 27.5 Å². The van der Waals surface area contributed by atoms with Crippen LogP contribution in [-0.4, -0.2) is 22.5 Å². The van der Waals surface area contributed by atoms with Gasteiger partial charge in [-0.1, -0.05) is 85.0 Å². The largest absolute Gasteiger partial charge is 0.324 e. The lowest BCUT2D eigenvalue weighted by atomic mass is 9.90. The molecular weight excluding hydrogens is 674 g/mol. The predicted molar refractivity (Wildman–Crippen MR) is 206 cm³/mol. The number of Topliss-reactive ketones (excluding diaryl/α,β-unsaturated/α-hetero) is 1. The summed E-state index contributed by atoms with van der Waals surface area (Å²) in [4.78, 5) is 41.7. The number of nitroso groups, excluding NO2 is 1. The van der Waals surface area contributed by atoms with Crippen LogP contribution in [0, 0.1) is 40.6 Å². The van der Waals surface area contributed by atoms with Gasteiger partial charge in [0.05, 0.1) is 5.69 Å². The summed E-state index contributed by atoms with van der Waals surface area (Å²) >= 11 is 1.45. The molecule has 4 aromatic rings. The molecule has 0 fully saturated rings. The van der Waals surface area contributed by atoms with Crippen molar-refractivity contribution >= 4 is 52.1 Å². The molecule has 1 unspecified atom stereocenters. The molecule has 1 aromatic heterocycles. The van der Waals surface area contributed by atoms with Crippen molar-refractivity contribution < 1.29 is 22.8 Å². The fourth-order valence-electron chi connectivity index (χ4n) is 4.18. The molecule has 0 amide bonds. The van der Waals surface area contributed by atoms with Crippen LogP contribution in [0.5, 0.6) is 0 Å². The summed E-state index contributed by atoms with van der Waals surface area (Å²) < 4.78 is 40.2. The number of allylic oxidation sites excluding steroid dienone is 2. The number of rotatable bonds is 10. The van der Waals surface area contributed by atoms with E-state index in [0.29, 0.717) is 22.8 Å². The Morgan fingerprint density at radius 2 is 1.53 bits per heavy atom. The number of hydrogen-bond donors (Lipinski definition) is 1. The van der Waals surface area contributed by atoms with Gasteiger partial charge >= 0.3 is 0 Å². The van der Waals surface area contributed by atoms with Crippen LogP contribution in [-0.2, 0) is 4.79 Å². The Morgan fingerprint density at radius 3 is 2.02 bits per heavy atom. The lowest BCUT2D eigenvalue weighted by Gasteiger charge is -2.26. The lowest BCUT2D eigenvalue weighted by Crippen LogP contribution is -2.09. The third-order valence-corrected chi connectivity index (χ3v) is 8.91. The van der Waals surface area contributed by atoms with Crippen molar-refractivity contribution in [1.29, 1.82) is 0 Å². The molecule has 3 aromatic carbocycles. The molecule has 7 nitrogen and oxygen atoms in total. The molecule has 0 aliphatic rings. The summed E-state index contributed by atoms with van der Waals surface area (Å²) in [6.45, 7) is 23.5. The molecular formula is C40H47F3N4O3S. The van der Waals surface area contributed by atoms with Crippen molar-refractivity contribution in [1.82, 2.24) is 9.97 Å². The van der Waals surface area contributed by atoms with Gasteiger partial charge in [-0.15, -0.1) is 4.91 Å². The average Bonchev–Trinajstić information content (AvgIpc) is 3.12. The maximum absolute atomic E-state index is 15.5. The molecule has 1 atom stereocenters. The van der Waals surface area contributed by atoms with Gasteiger partial charge < -0.3 is 10.1 Å². The Hall–Kier alpha value is -4.90. The Kier molecular flexibility index (Phi) is 18.5. The summed E-state index contributed by atoms with van der Waals surface area (Å²) in [7, 11) is 0. The normalized spacial score (nSPS) is 11.5. The zero-order valence-corrected chi connectivity index (χ0v) is 31.6. The first-order valence-corrected chi connectivity index (χ1v) is 17.1. The van der Waals surface area contributed by atoms with Gasteiger partial charge in [-0.3, -0.25) is 4.79 Å². The highest BCUT2D eigenvalue weighted by atomic mass is 32.2.